The number of carbonyl (C=O) groups is 1. The SMILES string of the molecule is Cc1cc(NC(=O)CSc2nnnn2Cc2ccccc2)n(C)n1. The van der Waals surface area contributed by atoms with Gasteiger partial charge in [0.05, 0.1) is 18.0 Å². The van der Waals surface area contributed by atoms with E-state index in [1.54, 1.807) is 16.4 Å². The molecule has 0 saturated heterocycles. The molecule has 1 N–H and O–H groups in total. The fourth-order valence-corrected chi connectivity index (χ4v) is 2.87. The second kappa shape index (κ2) is 7.26. The third-order valence-electron chi connectivity index (χ3n) is 3.28. The highest BCUT2D eigenvalue weighted by atomic mass is 32.2. The Balaban J connectivity index is 1.58. The van der Waals surface area contributed by atoms with E-state index in [-0.39, 0.29) is 11.7 Å². The second-order valence-electron chi connectivity index (χ2n) is 5.24. The Morgan fingerprint density at radius 1 is 1.29 bits per heavy atom. The van der Waals surface area contributed by atoms with Crippen LogP contribution in [0.2, 0.25) is 0 Å². The maximum Gasteiger partial charge on any atom is 0.235 e. The van der Waals surface area contributed by atoms with Crippen molar-refractivity contribution in [1.29, 1.82) is 0 Å². The van der Waals surface area contributed by atoms with E-state index in [0.29, 0.717) is 17.5 Å². The molecule has 2 aromatic heterocycles. The average molecular weight is 343 g/mol. The predicted molar refractivity (Wildman–Crippen MR) is 90.7 cm³/mol. The molecule has 0 unspecified atom stereocenters. The number of rotatable bonds is 6. The molecule has 0 aliphatic carbocycles. The molecule has 1 amide bonds. The molecule has 0 fully saturated rings. The van der Waals surface area contributed by atoms with Crippen LogP contribution >= 0.6 is 11.8 Å². The van der Waals surface area contributed by atoms with Crippen LogP contribution in [0.1, 0.15) is 11.3 Å². The summed E-state index contributed by atoms with van der Waals surface area (Å²) in [5.74, 6) is 0.763. The number of nitrogens with one attached hydrogen (secondary N) is 1. The van der Waals surface area contributed by atoms with Crippen LogP contribution in [-0.2, 0) is 18.4 Å². The summed E-state index contributed by atoms with van der Waals surface area (Å²) in [6.45, 7) is 2.45. The summed E-state index contributed by atoms with van der Waals surface area (Å²) in [5, 5.41) is 19.3. The van der Waals surface area contributed by atoms with Gasteiger partial charge in [-0.1, -0.05) is 42.1 Å². The number of thioether (sulfide) groups is 1. The largest absolute Gasteiger partial charge is 0.310 e. The molecule has 8 nitrogen and oxygen atoms in total. The van der Waals surface area contributed by atoms with E-state index in [4.69, 9.17) is 0 Å². The van der Waals surface area contributed by atoms with Crippen LogP contribution in [-0.4, -0.2) is 41.6 Å². The first-order chi connectivity index (χ1) is 11.6. The van der Waals surface area contributed by atoms with Gasteiger partial charge < -0.3 is 5.32 Å². The van der Waals surface area contributed by atoms with Gasteiger partial charge in [-0.15, -0.1) is 5.10 Å². The van der Waals surface area contributed by atoms with Crippen molar-refractivity contribution in [3.8, 4) is 0 Å². The molecule has 0 aliphatic rings. The minimum absolute atomic E-state index is 0.128. The summed E-state index contributed by atoms with van der Waals surface area (Å²) in [6.07, 6.45) is 0. The van der Waals surface area contributed by atoms with E-state index in [9.17, 15) is 4.79 Å². The van der Waals surface area contributed by atoms with E-state index in [0.717, 1.165) is 11.3 Å². The van der Waals surface area contributed by atoms with Crippen molar-refractivity contribution in [2.75, 3.05) is 11.1 Å². The van der Waals surface area contributed by atoms with Crippen LogP contribution in [0.15, 0.2) is 41.6 Å². The quantitative estimate of drug-likeness (QED) is 0.682. The lowest BCUT2D eigenvalue weighted by Gasteiger charge is -2.06. The monoisotopic (exact) mass is 343 g/mol. The molecule has 0 spiro atoms. The van der Waals surface area contributed by atoms with Crippen LogP contribution in [0.25, 0.3) is 0 Å². The molecule has 0 radical (unpaired) electrons. The normalized spacial score (nSPS) is 10.8. The number of carbonyl (C=O) groups excluding carboxylic acids is 1. The number of benzene rings is 1. The second-order valence-corrected chi connectivity index (χ2v) is 6.18. The smallest absolute Gasteiger partial charge is 0.235 e. The first-order valence-corrected chi connectivity index (χ1v) is 8.34. The fourth-order valence-electron chi connectivity index (χ4n) is 2.19. The number of nitrogens with zero attached hydrogens (tertiary/aromatic N) is 6. The van der Waals surface area contributed by atoms with E-state index >= 15 is 0 Å². The lowest BCUT2D eigenvalue weighted by molar-refractivity contribution is -0.113. The van der Waals surface area contributed by atoms with Crippen molar-refractivity contribution in [3.63, 3.8) is 0 Å². The van der Waals surface area contributed by atoms with Gasteiger partial charge in [-0.05, 0) is 22.9 Å². The third kappa shape index (κ3) is 3.99. The summed E-state index contributed by atoms with van der Waals surface area (Å²) >= 11 is 1.30. The molecule has 24 heavy (non-hydrogen) atoms. The molecule has 1 aromatic carbocycles. The van der Waals surface area contributed by atoms with Gasteiger partial charge in [0, 0.05) is 13.1 Å². The molecule has 2 heterocycles. The van der Waals surface area contributed by atoms with Crippen LogP contribution < -0.4 is 5.32 Å². The van der Waals surface area contributed by atoms with Crippen LogP contribution in [0.5, 0.6) is 0 Å². The summed E-state index contributed by atoms with van der Waals surface area (Å²) in [4.78, 5) is 12.1. The van der Waals surface area contributed by atoms with E-state index in [2.05, 4.69) is 25.9 Å². The zero-order valence-corrected chi connectivity index (χ0v) is 14.2. The van der Waals surface area contributed by atoms with Crippen LogP contribution in [0.4, 0.5) is 5.82 Å². The van der Waals surface area contributed by atoms with Crippen molar-refractivity contribution in [1.82, 2.24) is 30.0 Å². The number of aryl methyl sites for hydroxylation is 2. The van der Waals surface area contributed by atoms with Crippen molar-refractivity contribution >= 4 is 23.5 Å². The van der Waals surface area contributed by atoms with E-state index in [1.165, 1.54) is 11.8 Å². The summed E-state index contributed by atoms with van der Waals surface area (Å²) in [6, 6.07) is 11.7. The summed E-state index contributed by atoms with van der Waals surface area (Å²) in [7, 11) is 1.79. The standard InChI is InChI=1S/C15H17N7OS/c1-11-8-13(21(2)18-11)16-14(23)10-24-15-17-19-20-22(15)9-12-6-4-3-5-7-12/h3-8H,9-10H2,1-2H3,(H,16,23). The highest BCUT2D eigenvalue weighted by molar-refractivity contribution is 7.99. The molecular weight excluding hydrogens is 326 g/mol. The highest BCUT2D eigenvalue weighted by Crippen LogP contribution is 2.16. The third-order valence-corrected chi connectivity index (χ3v) is 4.23. The Kier molecular flexibility index (Phi) is 4.90. The van der Waals surface area contributed by atoms with Gasteiger partial charge in [0.25, 0.3) is 0 Å². The molecular formula is C15H17N7OS. The number of tetrazole rings is 1. The van der Waals surface area contributed by atoms with Crippen molar-refractivity contribution in [2.45, 2.75) is 18.6 Å². The number of hydrogen-bond acceptors (Lipinski definition) is 6. The Hall–Kier alpha value is -2.68. The van der Waals surface area contributed by atoms with Crippen LogP contribution in [0.3, 0.4) is 0 Å². The summed E-state index contributed by atoms with van der Waals surface area (Å²) in [5.41, 5.74) is 1.95. The van der Waals surface area contributed by atoms with Crippen molar-refractivity contribution in [2.24, 2.45) is 7.05 Å². The number of aromatic nitrogens is 6. The van der Waals surface area contributed by atoms with Gasteiger partial charge in [-0.25, -0.2) is 4.68 Å². The molecule has 0 atom stereocenters. The topological polar surface area (TPSA) is 90.5 Å². The Bertz CT molecular complexity index is 827. The minimum atomic E-state index is -0.128. The number of hydrogen-bond donors (Lipinski definition) is 1. The molecule has 9 heteroatoms. The van der Waals surface area contributed by atoms with E-state index in [1.807, 2.05) is 43.3 Å². The number of anilines is 1. The maximum absolute atomic E-state index is 12.1. The first-order valence-electron chi connectivity index (χ1n) is 7.35. The first kappa shape index (κ1) is 16.2. The van der Waals surface area contributed by atoms with Gasteiger partial charge in [0.15, 0.2) is 0 Å². The Morgan fingerprint density at radius 3 is 2.79 bits per heavy atom. The van der Waals surface area contributed by atoms with Crippen molar-refractivity contribution < 1.29 is 4.79 Å². The zero-order valence-electron chi connectivity index (χ0n) is 13.4. The molecule has 3 aromatic rings. The average Bonchev–Trinajstić information content (AvgIpc) is 3.12. The van der Waals surface area contributed by atoms with Gasteiger partial charge in [-0.2, -0.15) is 5.10 Å². The predicted octanol–water partition coefficient (Wildman–Crippen LogP) is 1.49. The molecule has 0 saturated carbocycles. The fraction of sp³-hybridized carbons (Fsp3) is 0.267. The van der Waals surface area contributed by atoms with Crippen molar-refractivity contribution in [3.05, 3.63) is 47.7 Å². The van der Waals surface area contributed by atoms with E-state index < -0.39 is 0 Å². The van der Waals surface area contributed by atoms with Gasteiger partial charge in [0.1, 0.15) is 5.82 Å². The molecule has 0 bridgehead atoms. The minimum Gasteiger partial charge on any atom is -0.310 e. The molecule has 124 valence electrons. The summed E-state index contributed by atoms with van der Waals surface area (Å²) < 4.78 is 3.32. The zero-order chi connectivity index (χ0) is 16.9. The highest BCUT2D eigenvalue weighted by Gasteiger charge is 2.12. The molecule has 3 rings (SSSR count). The number of amides is 1. The van der Waals surface area contributed by atoms with Gasteiger partial charge >= 0.3 is 0 Å². The Morgan fingerprint density at radius 2 is 2.08 bits per heavy atom. The lowest BCUT2D eigenvalue weighted by atomic mass is 10.2. The Labute approximate surface area is 143 Å². The molecule has 0 aliphatic heterocycles. The maximum atomic E-state index is 12.1. The van der Waals surface area contributed by atoms with Crippen LogP contribution in [0, 0.1) is 6.92 Å². The van der Waals surface area contributed by atoms with Gasteiger partial charge in [-0.3, -0.25) is 9.48 Å². The lowest BCUT2D eigenvalue weighted by Crippen LogP contribution is -2.17. The van der Waals surface area contributed by atoms with Gasteiger partial charge in [0.2, 0.25) is 11.1 Å².